The Bertz CT molecular complexity index is 444. The number of pyridine rings is 1. The number of aromatic hydroxyl groups is 1. The van der Waals surface area contributed by atoms with Crippen LogP contribution in [0.15, 0.2) is 17.1 Å². The van der Waals surface area contributed by atoms with E-state index in [1.807, 2.05) is 0 Å². The van der Waals surface area contributed by atoms with E-state index in [2.05, 4.69) is 0 Å². The summed E-state index contributed by atoms with van der Waals surface area (Å²) in [6, 6.07) is 1.11. The van der Waals surface area contributed by atoms with E-state index in [4.69, 9.17) is 7.85 Å². The van der Waals surface area contributed by atoms with Crippen LogP contribution in [-0.2, 0) is 11.1 Å². The van der Waals surface area contributed by atoms with Crippen molar-refractivity contribution in [2.75, 3.05) is 12.8 Å². The minimum Gasteiger partial charge on any atom is -0.508 e. The molecule has 1 rings (SSSR count). The molecule has 1 atom stereocenters. The number of aromatic nitrogens is 1. The molecule has 1 aromatic rings. The summed E-state index contributed by atoms with van der Waals surface area (Å²) in [5.74, 6) is -0.183. The van der Waals surface area contributed by atoms with Crippen LogP contribution in [0.4, 0.5) is 0 Å². The van der Waals surface area contributed by atoms with Crippen molar-refractivity contribution in [1.82, 2.24) is 4.57 Å². The van der Waals surface area contributed by atoms with Crippen LogP contribution in [0.1, 0.15) is 12.8 Å². The zero-order chi connectivity index (χ0) is 12.1. The Morgan fingerprint density at radius 1 is 1.50 bits per heavy atom. The summed E-state index contributed by atoms with van der Waals surface area (Å²) >= 11 is 0. The summed E-state index contributed by atoms with van der Waals surface area (Å²) in [5.41, 5.74) is -0.0752. The fourth-order valence-electron chi connectivity index (χ4n) is 1.37. The summed E-state index contributed by atoms with van der Waals surface area (Å²) in [7, 11) is 4.38. The summed E-state index contributed by atoms with van der Waals surface area (Å²) in [6.45, 7) is 2.23. The van der Waals surface area contributed by atoms with E-state index in [1.54, 1.807) is 6.66 Å². The highest BCUT2D eigenvalue weighted by molar-refractivity contribution is 7.43. The first kappa shape index (κ1) is 13.0. The van der Waals surface area contributed by atoms with E-state index in [0.29, 0.717) is 12.7 Å². The van der Waals surface area contributed by atoms with Gasteiger partial charge in [0.1, 0.15) is 26.4 Å². The first-order valence-corrected chi connectivity index (χ1v) is 6.97. The topological polar surface area (TPSA) is 59.3 Å². The van der Waals surface area contributed by atoms with Crippen LogP contribution in [0.3, 0.4) is 0 Å². The van der Waals surface area contributed by atoms with E-state index < -0.39 is 7.80 Å². The van der Waals surface area contributed by atoms with E-state index in [0.717, 1.165) is 18.9 Å². The lowest BCUT2D eigenvalue weighted by Gasteiger charge is -2.06. The van der Waals surface area contributed by atoms with Crippen molar-refractivity contribution < 1.29 is 9.67 Å². The second kappa shape index (κ2) is 5.85. The molecule has 1 heterocycles. The molecular weight excluding hydrogens is 224 g/mol. The fourth-order valence-corrected chi connectivity index (χ4v) is 2.04. The fraction of sp³-hybridized carbons (Fsp3) is 0.500. The standard InChI is InChI=1S/C10H13BNO3P/c1-16(15)5-3-2-4-12-7-8(11)9(13)6-10(12)14/h6-7H,2-5H2,1H3/p+1. The van der Waals surface area contributed by atoms with Crippen LogP contribution in [0.2, 0.25) is 0 Å². The SMILES string of the molecule is [B]c1cn(CCCC[P+](C)=O)c(=O)cc1O. The van der Waals surface area contributed by atoms with Gasteiger partial charge in [-0.15, -0.1) is 0 Å². The average Bonchev–Trinajstić information content (AvgIpc) is 2.19. The van der Waals surface area contributed by atoms with Crippen LogP contribution in [0.5, 0.6) is 5.75 Å². The molecule has 0 saturated heterocycles. The average molecular weight is 238 g/mol. The van der Waals surface area contributed by atoms with Gasteiger partial charge in [-0.2, -0.15) is 0 Å². The number of nitrogens with zero attached hydrogens (tertiary/aromatic N) is 1. The molecule has 1 aromatic heterocycles. The summed E-state index contributed by atoms with van der Waals surface area (Å²) in [6.07, 6.45) is 3.71. The minimum absolute atomic E-state index is 0.183. The Kier molecular flexibility index (Phi) is 4.75. The van der Waals surface area contributed by atoms with Crippen molar-refractivity contribution in [3.8, 4) is 5.75 Å². The maximum Gasteiger partial charge on any atom is 0.335 e. The van der Waals surface area contributed by atoms with E-state index >= 15 is 0 Å². The molecule has 0 aliphatic heterocycles. The van der Waals surface area contributed by atoms with Crippen LogP contribution in [0.25, 0.3) is 0 Å². The zero-order valence-corrected chi connectivity index (χ0v) is 10.1. The predicted octanol–water partition coefficient (Wildman–Crippen LogP) is 0.585. The van der Waals surface area contributed by atoms with E-state index in [-0.39, 0.29) is 16.8 Å². The van der Waals surface area contributed by atoms with Gasteiger partial charge in [-0.25, -0.2) is 0 Å². The van der Waals surface area contributed by atoms with Crippen LogP contribution in [0, 0.1) is 0 Å². The lowest BCUT2D eigenvalue weighted by Crippen LogP contribution is -2.24. The van der Waals surface area contributed by atoms with Gasteiger partial charge in [0.2, 0.25) is 0 Å². The van der Waals surface area contributed by atoms with Gasteiger partial charge in [-0.3, -0.25) is 4.79 Å². The van der Waals surface area contributed by atoms with Gasteiger partial charge < -0.3 is 9.67 Å². The monoisotopic (exact) mass is 238 g/mol. The highest BCUT2D eigenvalue weighted by Crippen LogP contribution is 2.15. The third-order valence-corrected chi connectivity index (χ3v) is 3.20. The summed E-state index contributed by atoms with van der Waals surface area (Å²) < 4.78 is 12.3. The largest absolute Gasteiger partial charge is 0.508 e. The Hall–Kier alpha value is -1.09. The van der Waals surface area contributed by atoms with Gasteiger partial charge >= 0.3 is 7.80 Å². The minimum atomic E-state index is -1.10. The molecule has 16 heavy (non-hydrogen) atoms. The number of unbranched alkanes of at least 4 members (excludes halogenated alkanes) is 1. The molecule has 1 unspecified atom stereocenters. The van der Waals surface area contributed by atoms with Gasteiger partial charge in [-0.05, 0) is 18.3 Å². The molecule has 84 valence electrons. The summed E-state index contributed by atoms with van der Waals surface area (Å²) in [5, 5.41) is 9.19. The molecule has 1 N–H and O–H groups in total. The molecule has 0 fully saturated rings. The molecule has 0 aromatic carbocycles. The maximum atomic E-state index is 11.4. The van der Waals surface area contributed by atoms with Crippen molar-refractivity contribution in [3.05, 3.63) is 22.6 Å². The van der Waals surface area contributed by atoms with Crippen molar-refractivity contribution in [3.63, 3.8) is 0 Å². The predicted molar refractivity (Wildman–Crippen MR) is 65.4 cm³/mol. The molecule has 4 nitrogen and oxygen atoms in total. The molecule has 0 aliphatic rings. The van der Waals surface area contributed by atoms with Gasteiger partial charge in [0.25, 0.3) is 5.56 Å². The molecule has 2 radical (unpaired) electrons. The zero-order valence-electron chi connectivity index (χ0n) is 9.22. The quantitative estimate of drug-likeness (QED) is 0.463. The molecular formula is C10H14BNO3P+. The lowest BCUT2D eigenvalue weighted by atomic mass is 9.97. The molecule has 6 heteroatoms. The lowest BCUT2D eigenvalue weighted by molar-refractivity contribution is 0.474. The number of aryl methyl sites for hydroxylation is 1. The summed E-state index contributed by atoms with van der Waals surface area (Å²) in [4.78, 5) is 11.4. The first-order valence-electron chi connectivity index (χ1n) is 5.08. The Labute approximate surface area is 96.5 Å². The van der Waals surface area contributed by atoms with Gasteiger partial charge in [0.05, 0.1) is 0 Å². The third kappa shape index (κ3) is 3.82. The number of hydrogen-bond acceptors (Lipinski definition) is 3. The molecule has 0 aliphatic carbocycles. The number of hydrogen-bond donors (Lipinski definition) is 1. The van der Waals surface area contributed by atoms with Crippen molar-refractivity contribution in [1.29, 1.82) is 0 Å². The van der Waals surface area contributed by atoms with Crippen molar-refractivity contribution in [2.24, 2.45) is 0 Å². The van der Waals surface area contributed by atoms with Crippen LogP contribution < -0.4 is 11.0 Å². The molecule has 0 amide bonds. The van der Waals surface area contributed by atoms with E-state index in [9.17, 15) is 14.5 Å². The van der Waals surface area contributed by atoms with Crippen molar-refractivity contribution >= 4 is 21.1 Å². The second-order valence-electron chi connectivity index (χ2n) is 3.70. The Morgan fingerprint density at radius 2 is 2.19 bits per heavy atom. The second-order valence-corrected chi connectivity index (χ2v) is 5.41. The van der Waals surface area contributed by atoms with Gasteiger partial charge in [-0.1, -0.05) is 4.57 Å². The smallest absolute Gasteiger partial charge is 0.335 e. The first-order chi connectivity index (χ1) is 7.50. The third-order valence-electron chi connectivity index (χ3n) is 2.26. The van der Waals surface area contributed by atoms with Crippen molar-refractivity contribution in [2.45, 2.75) is 19.4 Å². The Balaban J connectivity index is 2.58. The number of rotatable bonds is 5. The molecule has 0 spiro atoms. The molecule has 0 bridgehead atoms. The molecule has 0 saturated carbocycles. The maximum absolute atomic E-state index is 11.4. The highest BCUT2D eigenvalue weighted by atomic mass is 31.1. The Morgan fingerprint density at radius 3 is 2.81 bits per heavy atom. The van der Waals surface area contributed by atoms with Gasteiger partial charge in [0.15, 0.2) is 0 Å². The highest BCUT2D eigenvalue weighted by Gasteiger charge is 2.05. The van der Waals surface area contributed by atoms with Crippen LogP contribution >= 0.6 is 7.80 Å². The van der Waals surface area contributed by atoms with E-state index in [1.165, 1.54) is 10.8 Å². The van der Waals surface area contributed by atoms with Crippen LogP contribution in [-0.4, -0.2) is 30.3 Å². The van der Waals surface area contributed by atoms with Gasteiger partial charge in [0, 0.05) is 18.8 Å². The normalized spacial score (nSPS) is 11.4.